The van der Waals surface area contributed by atoms with Gasteiger partial charge in [-0.25, -0.2) is 9.18 Å². The number of halogens is 1. The summed E-state index contributed by atoms with van der Waals surface area (Å²) in [7, 11) is 0. The van der Waals surface area contributed by atoms with Crippen LogP contribution in [0.15, 0.2) is 60.8 Å². The number of hydrogen-bond donors (Lipinski definition) is 1. The second-order valence-corrected chi connectivity index (χ2v) is 10.4. The molecule has 1 N–H and O–H groups in total. The van der Waals surface area contributed by atoms with E-state index in [4.69, 9.17) is 4.74 Å². The number of amides is 2. The van der Waals surface area contributed by atoms with Crippen molar-refractivity contribution in [2.24, 2.45) is 0 Å². The second-order valence-electron chi connectivity index (χ2n) is 10.4. The van der Waals surface area contributed by atoms with Gasteiger partial charge in [0.2, 0.25) is 5.91 Å². The molecule has 6 rings (SSSR count). The molecular formula is C30H28FN3O4. The van der Waals surface area contributed by atoms with Gasteiger partial charge < -0.3 is 15.0 Å². The van der Waals surface area contributed by atoms with Crippen LogP contribution in [0.25, 0.3) is 11.1 Å². The quantitative estimate of drug-likeness (QED) is 0.495. The van der Waals surface area contributed by atoms with Gasteiger partial charge in [0.15, 0.2) is 5.60 Å². The van der Waals surface area contributed by atoms with Gasteiger partial charge in [0, 0.05) is 42.4 Å². The van der Waals surface area contributed by atoms with Crippen molar-refractivity contribution in [1.82, 2.24) is 15.2 Å². The summed E-state index contributed by atoms with van der Waals surface area (Å²) in [5, 5.41) is 2.78. The molecule has 1 aliphatic carbocycles. The number of aromatic nitrogens is 1. The van der Waals surface area contributed by atoms with Crippen LogP contribution in [0.4, 0.5) is 4.39 Å². The Morgan fingerprint density at radius 3 is 2.55 bits per heavy atom. The standard InChI is InChI=1S/C30H28FN3O4/c1-2-14-32-26(35)25-10-8-20(17-33-25)19-7-9-23(24(31)16-19)29(11-12-29)28(37)34-15-13-30(18-34)22-6-4-3-5-21(22)27(36)38-30/h3-10,16-17H,2,11-15,18H2,1H3,(H,32,35)/t30-/m0/s1. The molecule has 2 amide bonds. The number of fused-ring (bicyclic) bond motifs is 2. The number of nitrogens with one attached hydrogen (secondary N) is 1. The summed E-state index contributed by atoms with van der Waals surface area (Å²) in [6.45, 7) is 3.28. The first kappa shape index (κ1) is 24.3. The molecular weight excluding hydrogens is 485 g/mol. The Morgan fingerprint density at radius 1 is 1.05 bits per heavy atom. The number of carbonyl (C=O) groups is 3. The zero-order valence-electron chi connectivity index (χ0n) is 21.1. The van der Waals surface area contributed by atoms with E-state index in [0.29, 0.717) is 60.3 Å². The van der Waals surface area contributed by atoms with Crippen molar-refractivity contribution in [2.75, 3.05) is 19.6 Å². The van der Waals surface area contributed by atoms with E-state index >= 15 is 4.39 Å². The van der Waals surface area contributed by atoms with Crippen molar-refractivity contribution in [3.63, 3.8) is 0 Å². The van der Waals surface area contributed by atoms with Gasteiger partial charge in [-0.05, 0) is 43.0 Å². The minimum atomic E-state index is -0.893. The van der Waals surface area contributed by atoms with E-state index in [2.05, 4.69) is 10.3 Å². The van der Waals surface area contributed by atoms with Gasteiger partial charge >= 0.3 is 5.97 Å². The van der Waals surface area contributed by atoms with E-state index in [-0.39, 0.29) is 24.3 Å². The molecule has 0 radical (unpaired) electrons. The highest BCUT2D eigenvalue weighted by molar-refractivity contribution is 5.96. The van der Waals surface area contributed by atoms with E-state index in [0.717, 1.165) is 12.0 Å². The number of benzene rings is 2. The van der Waals surface area contributed by atoms with Gasteiger partial charge in [0.25, 0.3) is 5.91 Å². The lowest BCUT2D eigenvalue weighted by Gasteiger charge is -2.27. The molecule has 1 atom stereocenters. The molecule has 7 nitrogen and oxygen atoms in total. The van der Waals surface area contributed by atoms with Crippen molar-refractivity contribution in [3.8, 4) is 11.1 Å². The molecule has 1 saturated heterocycles. The molecule has 0 bridgehead atoms. The number of esters is 1. The van der Waals surface area contributed by atoms with Crippen LogP contribution in [0.3, 0.4) is 0 Å². The minimum absolute atomic E-state index is 0.120. The first-order valence-corrected chi connectivity index (χ1v) is 13.0. The summed E-state index contributed by atoms with van der Waals surface area (Å²) >= 11 is 0. The number of ether oxygens (including phenoxy) is 1. The van der Waals surface area contributed by atoms with Crippen molar-refractivity contribution < 1.29 is 23.5 Å². The maximum atomic E-state index is 15.5. The topological polar surface area (TPSA) is 88.6 Å². The van der Waals surface area contributed by atoms with E-state index in [1.807, 2.05) is 19.1 Å². The SMILES string of the molecule is CCCNC(=O)c1ccc(-c2ccc(C3(C(=O)N4CC[C@@]5(C4)OC(=O)c4ccccc45)CC3)c(F)c2)cn1. The lowest BCUT2D eigenvalue weighted by molar-refractivity contribution is -0.134. The van der Waals surface area contributed by atoms with Crippen LogP contribution in [-0.4, -0.2) is 47.3 Å². The molecule has 1 spiro atoms. The number of nitrogens with zero attached hydrogens (tertiary/aromatic N) is 2. The normalized spacial score (nSPS) is 20.8. The van der Waals surface area contributed by atoms with Crippen LogP contribution in [0.5, 0.6) is 0 Å². The fourth-order valence-electron chi connectivity index (χ4n) is 5.74. The van der Waals surface area contributed by atoms with Crippen LogP contribution in [0.1, 0.15) is 64.6 Å². The molecule has 38 heavy (non-hydrogen) atoms. The average Bonchev–Trinajstić information content (AvgIpc) is 3.56. The first-order valence-electron chi connectivity index (χ1n) is 13.0. The Balaban J connectivity index is 1.20. The summed E-state index contributed by atoms with van der Waals surface area (Å²) < 4.78 is 21.3. The Kier molecular flexibility index (Phi) is 5.78. The summed E-state index contributed by atoms with van der Waals surface area (Å²) in [4.78, 5) is 44.2. The third-order valence-electron chi connectivity index (χ3n) is 7.95. The predicted molar refractivity (Wildman–Crippen MR) is 138 cm³/mol. The smallest absolute Gasteiger partial charge is 0.339 e. The van der Waals surface area contributed by atoms with Crippen molar-refractivity contribution in [3.05, 3.63) is 89.0 Å². The maximum absolute atomic E-state index is 15.5. The molecule has 3 heterocycles. The number of hydrogen-bond acceptors (Lipinski definition) is 5. The van der Waals surface area contributed by atoms with Gasteiger partial charge in [-0.2, -0.15) is 0 Å². The van der Waals surface area contributed by atoms with Crippen LogP contribution in [-0.2, 0) is 20.5 Å². The monoisotopic (exact) mass is 513 g/mol. The molecule has 2 aromatic carbocycles. The van der Waals surface area contributed by atoms with Crippen LogP contribution < -0.4 is 5.32 Å². The highest BCUT2D eigenvalue weighted by Gasteiger charge is 2.58. The van der Waals surface area contributed by atoms with Crippen LogP contribution >= 0.6 is 0 Å². The summed E-state index contributed by atoms with van der Waals surface area (Å²) in [5.41, 5.74) is 1.65. The molecule has 194 valence electrons. The molecule has 2 aliphatic heterocycles. The van der Waals surface area contributed by atoms with Crippen molar-refractivity contribution in [1.29, 1.82) is 0 Å². The van der Waals surface area contributed by atoms with Gasteiger partial charge in [0.05, 0.1) is 17.5 Å². The maximum Gasteiger partial charge on any atom is 0.339 e. The molecule has 8 heteroatoms. The second kappa shape index (κ2) is 9.04. The fourth-order valence-corrected chi connectivity index (χ4v) is 5.74. The van der Waals surface area contributed by atoms with E-state index in [1.54, 1.807) is 47.5 Å². The molecule has 2 fully saturated rings. The molecule has 0 unspecified atom stereocenters. The number of likely N-dealkylation sites (tertiary alicyclic amines) is 1. The van der Waals surface area contributed by atoms with E-state index in [9.17, 15) is 14.4 Å². The van der Waals surface area contributed by atoms with Gasteiger partial charge in [0.1, 0.15) is 11.5 Å². The first-order chi connectivity index (χ1) is 18.4. The zero-order valence-corrected chi connectivity index (χ0v) is 21.1. The number of rotatable bonds is 6. The van der Waals surface area contributed by atoms with E-state index in [1.165, 1.54) is 6.07 Å². The van der Waals surface area contributed by atoms with Gasteiger partial charge in [-0.1, -0.05) is 43.3 Å². The molecule has 3 aliphatic rings. The predicted octanol–water partition coefficient (Wildman–Crippen LogP) is 4.36. The number of pyridine rings is 1. The summed E-state index contributed by atoms with van der Waals surface area (Å²) in [6, 6.07) is 15.6. The lowest BCUT2D eigenvalue weighted by atomic mass is 9.90. The number of carbonyl (C=O) groups excluding carboxylic acids is 3. The Bertz CT molecular complexity index is 1450. The summed E-state index contributed by atoms with van der Waals surface area (Å²) in [6.07, 6.45) is 4.06. The zero-order chi connectivity index (χ0) is 26.5. The fraction of sp³-hybridized carbons (Fsp3) is 0.333. The largest absolute Gasteiger partial charge is 0.449 e. The Morgan fingerprint density at radius 2 is 1.84 bits per heavy atom. The van der Waals surface area contributed by atoms with Gasteiger partial charge in [-0.15, -0.1) is 0 Å². The van der Waals surface area contributed by atoms with Gasteiger partial charge in [-0.3, -0.25) is 14.6 Å². The van der Waals surface area contributed by atoms with Crippen molar-refractivity contribution in [2.45, 2.75) is 43.6 Å². The highest BCUT2D eigenvalue weighted by Crippen LogP contribution is 2.53. The average molecular weight is 514 g/mol. The Labute approximate surface area is 220 Å². The third kappa shape index (κ3) is 3.86. The summed E-state index contributed by atoms with van der Waals surface area (Å²) in [5.74, 6) is -1.16. The molecule has 1 saturated carbocycles. The van der Waals surface area contributed by atoms with Crippen LogP contribution in [0.2, 0.25) is 0 Å². The van der Waals surface area contributed by atoms with Crippen molar-refractivity contribution >= 4 is 17.8 Å². The highest BCUT2D eigenvalue weighted by atomic mass is 19.1. The third-order valence-corrected chi connectivity index (χ3v) is 7.95. The molecule has 1 aromatic heterocycles. The minimum Gasteiger partial charge on any atom is -0.449 e. The van der Waals surface area contributed by atoms with Crippen LogP contribution in [0, 0.1) is 5.82 Å². The van der Waals surface area contributed by atoms with E-state index < -0.39 is 16.8 Å². The molecule has 3 aromatic rings. The Hall–Kier alpha value is -4.07. The lowest BCUT2D eigenvalue weighted by Crippen LogP contribution is -2.40.